The molecule has 0 aromatic heterocycles. The van der Waals surface area contributed by atoms with Gasteiger partial charge in [0.1, 0.15) is 11.9 Å². The molecule has 1 N–H and O–H groups in total. The molecule has 0 unspecified atom stereocenters. The summed E-state index contributed by atoms with van der Waals surface area (Å²) in [6.45, 7) is 1.87. The van der Waals surface area contributed by atoms with Crippen LogP contribution in [0.15, 0.2) is 46.9 Å². The van der Waals surface area contributed by atoms with Crippen LogP contribution in [0.1, 0.15) is 18.1 Å². The van der Waals surface area contributed by atoms with Crippen molar-refractivity contribution in [1.82, 2.24) is 10.2 Å². The van der Waals surface area contributed by atoms with Gasteiger partial charge in [0, 0.05) is 28.7 Å². The maximum atomic E-state index is 14.0. The van der Waals surface area contributed by atoms with E-state index in [2.05, 4.69) is 21.2 Å². The lowest BCUT2D eigenvalue weighted by Gasteiger charge is -2.28. The lowest BCUT2D eigenvalue weighted by molar-refractivity contribution is -0.139. The normalized spacial score (nSPS) is 11.7. The van der Waals surface area contributed by atoms with Gasteiger partial charge in [-0.3, -0.25) is 9.59 Å². The Kier molecular flexibility index (Phi) is 7.17. The van der Waals surface area contributed by atoms with Gasteiger partial charge in [-0.25, -0.2) is 4.39 Å². The van der Waals surface area contributed by atoms with Gasteiger partial charge in [-0.2, -0.15) is 0 Å². The van der Waals surface area contributed by atoms with E-state index in [-0.39, 0.29) is 35.4 Å². The molecule has 2 amide bonds. The maximum absolute atomic E-state index is 14.0. The zero-order chi connectivity index (χ0) is 19.3. The molecular weight excluding hydrogens is 423 g/mol. The van der Waals surface area contributed by atoms with Crippen molar-refractivity contribution in [2.24, 2.45) is 0 Å². The monoisotopic (exact) mass is 440 g/mol. The first-order valence-corrected chi connectivity index (χ1v) is 9.19. The number of carbonyl (C=O) groups is 2. The molecule has 2 rings (SSSR count). The zero-order valence-electron chi connectivity index (χ0n) is 14.4. The van der Waals surface area contributed by atoms with Crippen molar-refractivity contribution in [3.63, 3.8) is 0 Å². The molecule has 4 nitrogen and oxygen atoms in total. The maximum Gasteiger partial charge on any atom is 0.242 e. The topological polar surface area (TPSA) is 49.4 Å². The second kappa shape index (κ2) is 9.14. The molecular formula is C19H19BrClFN2O2. The smallest absolute Gasteiger partial charge is 0.242 e. The van der Waals surface area contributed by atoms with Crippen LogP contribution < -0.4 is 5.32 Å². The van der Waals surface area contributed by atoms with E-state index in [1.165, 1.54) is 30.1 Å². The van der Waals surface area contributed by atoms with E-state index in [1.807, 2.05) is 24.3 Å². The Morgan fingerprint density at radius 1 is 1.23 bits per heavy atom. The van der Waals surface area contributed by atoms with Crippen LogP contribution in [-0.4, -0.2) is 29.8 Å². The van der Waals surface area contributed by atoms with Crippen LogP contribution in [0.3, 0.4) is 0 Å². The molecule has 0 saturated carbocycles. The first kappa shape index (κ1) is 20.4. The predicted octanol–water partition coefficient (Wildman–Crippen LogP) is 3.95. The van der Waals surface area contributed by atoms with E-state index in [9.17, 15) is 14.0 Å². The SMILES string of the molecule is CNC(=O)[C@@H](C)N(Cc1ccc(Br)cc1)C(=O)Cc1c(F)cccc1Cl. The highest BCUT2D eigenvalue weighted by atomic mass is 79.9. The molecule has 0 fully saturated rings. The van der Waals surface area contributed by atoms with Gasteiger partial charge in [-0.15, -0.1) is 0 Å². The molecule has 0 heterocycles. The van der Waals surface area contributed by atoms with E-state index in [4.69, 9.17) is 11.6 Å². The number of hydrogen-bond acceptors (Lipinski definition) is 2. The highest BCUT2D eigenvalue weighted by Gasteiger charge is 2.26. The van der Waals surface area contributed by atoms with E-state index in [0.29, 0.717) is 0 Å². The number of carbonyl (C=O) groups excluding carboxylic acids is 2. The average Bonchev–Trinajstić information content (AvgIpc) is 2.63. The number of nitrogens with zero attached hydrogens (tertiary/aromatic N) is 1. The quantitative estimate of drug-likeness (QED) is 0.738. The van der Waals surface area contributed by atoms with E-state index in [1.54, 1.807) is 6.92 Å². The number of halogens is 3. The molecule has 2 aromatic carbocycles. The summed E-state index contributed by atoms with van der Waals surface area (Å²) < 4.78 is 14.9. The molecule has 0 aliphatic carbocycles. The third-order valence-electron chi connectivity index (χ3n) is 4.07. The minimum Gasteiger partial charge on any atom is -0.357 e. The van der Waals surface area contributed by atoms with E-state index in [0.717, 1.165) is 10.0 Å². The molecule has 0 aliphatic rings. The molecule has 2 aromatic rings. The fourth-order valence-electron chi connectivity index (χ4n) is 2.53. The summed E-state index contributed by atoms with van der Waals surface area (Å²) in [6, 6.07) is 11.0. The van der Waals surface area contributed by atoms with Crippen LogP contribution in [0.25, 0.3) is 0 Å². The van der Waals surface area contributed by atoms with Crippen molar-refractivity contribution in [1.29, 1.82) is 0 Å². The van der Waals surface area contributed by atoms with Gasteiger partial charge in [0.25, 0.3) is 0 Å². The Hall–Kier alpha value is -1.92. The Labute approximate surface area is 165 Å². The van der Waals surface area contributed by atoms with Crippen molar-refractivity contribution in [3.8, 4) is 0 Å². The Balaban J connectivity index is 2.28. The molecule has 7 heteroatoms. The van der Waals surface area contributed by atoms with Crippen molar-refractivity contribution < 1.29 is 14.0 Å². The highest BCUT2D eigenvalue weighted by molar-refractivity contribution is 9.10. The molecule has 0 spiro atoms. The van der Waals surface area contributed by atoms with Gasteiger partial charge in [-0.1, -0.05) is 45.7 Å². The van der Waals surface area contributed by atoms with Crippen LogP contribution in [0.4, 0.5) is 4.39 Å². The highest BCUT2D eigenvalue weighted by Crippen LogP contribution is 2.21. The third kappa shape index (κ3) is 5.05. The van der Waals surface area contributed by atoms with Crippen LogP contribution >= 0.6 is 27.5 Å². The van der Waals surface area contributed by atoms with Gasteiger partial charge < -0.3 is 10.2 Å². The second-order valence-corrected chi connectivity index (χ2v) is 7.14. The molecule has 138 valence electrons. The number of hydrogen-bond donors (Lipinski definition) is 1. The van der Waals surface area contributed by atoms with Crippen molar-refractivity contribution in [2.45, 2.75) is 25.9 Å². The Bertz CT molecular complexity index is 778. The zero-order valence-corrected chi connectivity index (χ0v) is 16.8. The van der Waals surface area contributed by atoms with Gasteiger partial charge in [0.05, 0.1) is 6.42 Å². The average molecular weight is 442 g/mol. The minimum absolute atomic E-state index is 0.129. The summed E-state index contributed by atoms with van der Waals surface area (Å²) in [5, 5.41) is 2.73. The van der Waals surface area contributed by atoms with Gasteiger partial charge in [0.15, 0.2) is 0 Å². The van der Waals surface area contributed by atoms with Gasteiger partial charge >= 0.3 is 0 Å². The molecule has 0 radical (unpaired) electrons. The Morgan fingerprint density at radius 2 is 1.88 bits per heavy atom. The van der Waals surface area contributed by atoms with Gasteiger partial charge in [0.2, 0.25) is 11.8 Å². The fraction of sp³-hybridized carbons (Fsp3) is 0.263. The van der Waals surface area contributed by atoms with E-state index >= 15 is 0 Å². The minimum atomic E-state index is -0.707. The van der Waals surface area contributed by atoms with Crippen LogP contribution in [-0.2, 0) is 22.6 Å². The Morgan fingerprint density at radius 3 is 2.46 bits per heavy atom. The predicted molar refractivity (Wildman–Crippen MR) is 103 cm³/mol. The fourth-order valence-corrected chi connectivity index (χ4v) is 3.03. The molecule has 0 bridgehead atoms. The number of rotatable bonds is 6. The first-order valence-electron chi connectivity index (χ1n) is 8.02. The summed E-state index contributed by atoms with van der Waals surface area (Å²) in [5.41, 5.74) is 0.987. The third-order valence-corrected chi connectivity index (χ3v) is 4.95. The summed E-state index contributed by atoms with van der Waals surface area (Å²) in [4.78, 5) is 26.4. The van der Waals surface area contributed by atoms with Crippen molar-refractivity contribution in [2.75, 3.05) is 7.05 Å². The van der Waals surface area contributed by atoms with Gasteiger partial charge in [-0.05, 0) is 36.8 Å². The summed E-state index contributed by atoms with van der Waals surface area (Å²) in [6.07, 6.45) is -0.219. The lowest BCUT2D eigenvalue weighted by Crippen LogP contribution is -2.47. The molecule has 26 heavy (non-hydrogen) atoms. The van der Waals surface area contributed by atoms with Crippen LogP contribution in [0, 0.1) is 5.82 Å². The molecule has 1 atom stereocenters. The number of likely N-dealkylation sites (N-methyl/N-ethyl adjacent to an activating group) is 1. The second-order valence-electron chi connectivity index (χ2n) is 5.82. The number of benzene rings is 2. The molecule has 0 aliphatic heterocycles. The van der Waals surface area contributed by atoms with E-state index < -0.39 is 11.9 Å². The summed E-state index contributed by atoms with van der Waals surface area (Å²) in [5.74, 6) is -1.21. The first-order chi connectivity index (χ1) is 12.3. The summed E-state index contributed by atoms with van der Waals surface area (Å²) in [7, 11) is 1.51. The molecule has 0 saturated heterocycles. The van der Waals surface area contributed by atoms with Crippen molar-refractivity contribution in [3.05, 3.63) is 68.9 Å². The number of nitrogens with one attached hydrogen (secondary N) is 1. The van der Waals surface area contributed by atoms with Crippen LogP contribution in [0.2, 0.25) is 5.02 Å². The standard InChI is InChI=1S/C19H19BrClFN2O2/c1-12(19(26)23-2)24(11-13-6-8-14(20)9-7-13)18(25)10-15-16(21)4-3-5-17(15)22/h3-9,12H,10-11H2,1-2H3,(H,23,26)/t12-/m1/s1. The van der Waals surface area contributed by atoms with Crippen molar-refractivity contribution >= 4 is 39.3 Å². The largest absolute Gasteiger partial charge is 0.357 e. The number of amides is 2. The summed E-state index contributed by atoms with van der Waals surface area (Å²) >= 11 is 9.39. The van der Waals surface area contributed by atoms with Crippen LogP contribution in [0.5, 0.6) is 0 Å². The lowest BCUT2D eigenvalue weighted by atomic mass is 10.1.